The summed E-state index contributed by atoms with van der Waals surface area (Å²) in [5.74, 6) is 1.40. The first-order chi connectivity index (χ1) is 30.4. The maximum absolute atomic E-state index is 2.54. The quantitative estimate of drug-likeness (QED) is 0.148. The van der Waals surface area contributed by atoms with Gasteiger partial charge in [-0.25, -0.2) is 0 Å². The molecule has 62 heavy (non-hydrogen) atoms. The molecule has 2 heteroatoms. The standard InChI is InChI=1S/C60H55NS/c1-43-20-10-9-19-41-62-58-55(59(43,2)48-25-15-4-5-16-26-48)40-39-54-57(58)53-38-37-52(42-56(53)60(54,3)49-27-17-8-18-28-49)61(50-33-29-46(30-34-50)44-21-11-6-12-22-44)51-35-31-47(32-36-51)45-23-13-7-14-24-45/h4-8,10-15,17-18,20-31,33-35,37-40,42-43H,9,16,19,32,36,41H2,1-3H3/b20-10-. The summed E-state index contributed by atoms with van der Waals surface area (Å²) >= 11 is 2.08. The van der Waals surface area contributed by atoms with Crippen LogP contribution < -0.4 is 4.90 Å². The van der Waals surface area contributed by atoms with E-state index in [-0.39, 0.29) is 10.8 Å². The van der Waals surface area contributed by atoms with Crippen LogP contribution in [0.5, 0.6) is 0 Å². The molecule has 0 saturated heterocycles. The molecular formula is C60H55NS. The van der Waals surface area contributed by atoms with Crippen molar-refractivity contribution >= 4 is 28.7 Å². The molecule has 0 radical (unpaired) electrons. The molecule has 1 nitrogen and oxygen atoms in total. The van der Waals surface area contributed by atoms with E-state index in [0.29, 0.717) is 5.92 Å². The van der Waals surface area contributed by atoms with E-state index in [1.54, 1.807) is 0 Å². The van der Waals surface area contributed by atoms with Gasteiger partial charge in [0.15, 0.2) is 0 Å². The molecule has 1 aliphatic heterocycles. The fourth-order valence-corrected chi connectivity index (χ4v) is 11.8. The van der Waals surface area contributed by atoms with Gasteiger partial charge >= 0.3 is 0 Å². The smallest absolute Gasteiger partial charge is 0.0462 e. The highest BCUT2D eigenvalue weighted by Crippen LogP contribution is 2.59. The second-order valence-corrected chi connectivity index (χ2v) is 18.7. The predicted octanol–water partition coefficient (Wildman–Crippen LogP) is 16.4. The molecule has 4 aliphatic rings. The van der Waals surface area contributed by atoms with Gasteiger partial charge < -0.3 is 4.90 Å². The summed E-state index contributed by atoms with van der Waals surface area (Å²) in [6, 6.07) is 54.4. The molecule has 0 saturated carbocycles. The molecule has 3 unspecified atom stereocenters. The van der Waals surface area contributed by atoms with Crippen molar-refractivity contribution in [3.8, 4) is 22.3 Å². The Morgan fingerprint density at radius 3 is 2.06 bits per heavy atom. The molecule has 6 aromatic rings. The van der Waals surface area contributed by atoms with Gasteiger partial charge in [-0.15, -0.1) is 11.8 Å². The molecule has 0 aromatic heterocycles. The van der Waals surface area contributed by atoms with Crippen molar-refractivity contribution in [3.05, 3.63) is 239 Å². The van der Waals surface area contributed by atoms with Crippen LogP contribution in [0.15, 0.2) is 216 Å². The molecule has 0 fully saturated rings. The Labute approximate surface area is 373 Å². The third kappa shape index (κ3) is 7.09. The largest absolute Gasteiger partial charge is 0.314 e. The highest BCUT2D eigenvalue weighted by atomic mass is 32.2. The zero-order valence-electron chi connectivity index (χ0n) is 36.2. The van der Waals surface area contributed by atoms with E-state index in [1.165, 1.54) is 83.2 Å². The summed E-state index contributed by atoms with van der Waals surface area (Å²) in [6.45, 7) is 7.41. The van der Waals surface area contributed by atoms with E-state index in [1.807, 2.05) is 0 Å². The SMILES string of the molecule is CC1/C=C\CCCSc2c(ccc3c2-c2ccc(N(C4=CC=C(c5ccccc5)CC4)c4ccc(-c5ccccc5)cc4)cc2C3(C)c2ccccc2)C1(C)C1=CCC=CC=C1. The lowest BCUT2D eigenvalue weighted by molar-refractivity contribution is 0.435. The lowest BCUT2D eigenvalue weighted by atomic mass is 9.66. The van der Waals surface area contributed by atoms with E-state index in [4.69, 9.17) is 0 Å². The fraction of sp³-hybridized carbons (Fsp3) is 0.200. The van der Waals surface area contributed by atoms with Crippen LogP contribution in [0.4, 0.5) is 11.4 Å². The summed E-state index contributed by atoms with van der Waals surface area (Å²) in [5.41, 5.74) is 18.0. The summed E-state index contributed by atoms with van der Waals surface area (Å²) in [4.78, 5) is 3.98. The van der Waals surface area contributed by atoms with Crippen molar-refractivity contribution in [1.29, 1.82) is 0 Å². The Morgan fingerprint density at radius 2 is 1.32 bits per heavy atom. The Hall–Kier alpha value is -6.09. The van der Waals surface area contributed by atoms with E-state index in [2.05, 4.69) is 238 Å². The van der Waals surface area contributed by atoms with Crippen molar-refractivity contribution < 1.29 is 0 Å². The number of anilines is 2. The maximum Gasteiger partial charge on any atom is 0.0462 e. The number of fused-ring (bicyclic) bond motifs is 5. The van der Waals surface area contributed by atoms with Gasteiger partial charge in [-0.3, -0.25) is 0 Å². The molecular weight excluding hydrogens is 767 g/mol. The van der Waals surface area contributed by atoms with Crippen LogP contribution in [-0.2, 0) is 10.8 Å². The number of nitrogens with zero attached hydrogens (tertiary/aromatic N) is 1. The summed E-state index contributed by atoms with van der Waals surface area (Å²) in [5, 5.41) is 0. The van der Waals surface area contributed by atoms with Crippen LogP contribution in [0.3, 0.4) is 0 Å². The van der Waals surface area contributed by atoms with Crippen LogP contribution in [0.2, 0.25) is 0 Å². The highest BCUT2D eigenvalue weighted by molar-refractivity contribution is 7.99. The highest BCUT2D eigenvalue weighted by Gasteiger charge is 2.45. The minimum Gasteiger partial charge on any atom is -0.314 e. The Balaban J connectivity index is 1.17. The first-order valence-electron chi connectivity index (χ1n) is 22.6. The number of hydrogen-bond donors (Lipinski definition) is 0. The lowest BCUT2D eigenvalue weighted by Gasteiger charge is -2.39. The van der Waals surface area contributed by atoms with Crippen LogP contribution in [0, 0.1) is 5.92 Å². The van der Waals surface area contributed by atoms with E-state index in [9.17, 15) is 0 Å². The monoisotopic (exact) mass is 821 g/mol. The molecule has 0 spiro atoms. The third-order valence-electron chi connectivity index (χ3n) is 14.2. The Bertz CT molecular complexity index is 2790. The molecule has 0 bridgehead atoms. The van der Waals surface area contributed by atoms with Crippen molar-refractivity contribution in [2.24, 2.45) is 5.92 Å². The van der Waals surface area contributed by atoms with Crippen molar-refractivity contribution in [1.82, 2.24) is 0 Å². The second kappa shape index (κ2) is 17.0. The number of thioether (sulfide) groups is 1. The van der Waals surface area contributed by atoms with Crippen LogP contribution in [0.25, 0.3) is 27.8 Å². The second-order valence-electron chi connectivity index (χ2n) is 17.6. The number of rotatable bonds is 7. The molecule has 6 aromatic carbocycles. The molecule has 306 valence electrons. The van der Waals surface area contributed by atoms with Gasteiger partial charge in [0.25, 0.3) is 0 Å². The van der Waals surface area contributed by atoms with Crippen LogP contribution in [-0.4, -0.2) is 5.75 Å². The summed E-state index contributed by atoms with van der Waals surface area (Å²) in [7, 11) is 0. The zero-order chi connectivity index (χ0) is 42.1. The molecule has 10 rings (SSSR count). The molecule has 1 heterocycles. The normalized spacial score (nSPS) is 22.2. The first kappa shape index (κ1) is 40.0. The average Bonchev–Trinajstić information content (AvgIpc) is 3.46. The summed E-state index contributed by atoms with van der Waals surface area (Å²) in [6.07, 6.45) is 26.3. The van der Waals surface area contributed by atoms with E-state index < -0.39 is 0 Å². The van der Waals surface area contributed by atoms with Crippen LogP contribution in [0.1, 0.15) is 80.7 Å². The Kier molecular flexibility index (Phi) is 11.0. The van der Waals surface area contributed by atoms with E-state index >= 15 is 0 Å². The van der Waals surface area contributed by atoms with Gasteiger partial charge in [0.05, 0.1) is 0 Å². The van der Waals surface area contributed by atoms with Crippen molar-refractivity contribution in [2.75, 3.05) is 10.7 Å². The van der Waals surface area contributed by atoms with Gasteiger partial charge in [0, 0.05) is 38.4 Å². The van der Waals surface area contributed by atoms with Crippen molar-refractivity contribution in [3.63, 3.8) is 0 Å². The molecule has 3 aliphatic carbocycles. The number of hydrogen-bond acceptors (Lipinski definition) is 2. The maximum atomic E-state index is 2.54. The molecule has 0 amide bonds. The van der Waals surface area contributed by atoms with Gasteiger partial charge in [0.1, 0.15) is 0 Å². The molecule has 3 atom stereocenters. The fourth-order valence-electron chi connectivity index (χ4n) is 10.5. The minimum absolute atomic E-state index is 0.206. The topological polar surface area (TPSA) is 3.24 Å². The molecule has 0 N–H and O–H groups in total. The Morgan fingerprint density at radius 1 is 0.629 bits per heavy atom. The first-order valence-corrected chi connectivity index (χ1v) is 23.6. The van der Waals surface area contributed by atoms with Crippen molar-refractivity contribution in [2.45, 2.75) is 68.6 Å². The van der Waals surface area contributed by atoms with Gasteiger partial charge in [-0.05, 0) is 137 Å². The number of allylic oxidation sites excluding steroid dienone is 12. The predicted molar refractivity (Wildman–Crippen MR) is 266 cm³/mol. The van der Waals surface area contributed by atoms with Gasteiger partial charge in [-0.2, -0.15) is 0 Å². The average molecular weight is 822 g/mol. The number of benzene rings is 6. The van der Waals surface area contributed by atoms with Gasteiger partial charge in [0.2, 0.25) is 0 Å². The summed E-state index contributed by atoms with van der Waals surface area (Å²) < 4.78 is 0. The van der Waals surface area contributed by atoms with Gasteiger partial charge in [-0.1, -0.05) is 184 Å². The van der Waals surface area contributed by atoms with Crippen LogP contribution >= 0.6 is 11.8 Å². The minimum atomic E-state index is -0.357. The zero-order valence-corrected chi connectivity index (χ0v) is 37.0. The lowest BCUT2D eigenvalue weighted by Crippen LogP contribution is -2.32. The third-order valence-corrected chi connectivity index (χ3v) is 15.4. The van der Waals surface area contributed by atoms with E-state index in [0.717, 1.165) is 37.9 Å².